The van der Waals surface area contributed by atoms with E-state index in [4.69, 9.17) is 0 Å². The van der Waals surface area contributed by atoms with E-state index in [1.807, 2.05) is 19.4 Å². The van der Waals surface area contributed by atoms with E-state index < -0.39 is 0 Å². The third-order valence-electron chi connectivity index (χ3n) is 3.60. The minimum absolute atomic E-state index is 0.272. The number of benzene rings is 1. The molecular weight excluding hydrogens is 333 g/mol. The smallest absolute Gasteiger partial charge is 0.183 e. The topological polar surface area (TPSA) is 66.5 Å². The third-order valence-corrected chi connectivity index (χ3v) is 5.45. The number of pyridine rings is 1. The molecule has 0 aliphatic rings. The van der Waals surface area contributed by atoms with Crippen LogP contribution in [0, 0.1) is 5.82 Å². The number of nitrogens with zero attached hydrogens (tertiary/aromatic N) is 3. The Morgan fingerprint density at radius 3 is 2.96 bits per heavy atom. The van der Waals surface area contributed by atoms with Gasteiger partial charge in [0.15, 0.2) is 5.13 Å². The van der Waals surface area contributed by atoms with E-state index in [1.165, 1.54) is 17.8 Å². The lowest BCUT2D eigenvalue weighted by Crippen LogP contribution is -1.91. The van der Waals surface area contributed by atoms with Crippen LogP contribution in [0.5, 0.6) is 0 Å². The average molecular weight is 345 g/mol. The summed E-state index contributed by atoms with van der Waals surface area (Å²) in [7, 11) is 1.83. The van der Waals surface area contributed by atoms with Crippen molar-refractivity contribution >= 4 is 49.3 Å². The predicted octanol–water partition coefficient (Wildman–Crippen LogP) is 4.14. The van der Waals surface area contributed by atoms with Gasteiger partial charge in [0.1, 0.15) is 11.3 Å². The number of hydrogen-bond acceptors (Lipinski definition) is 6. The fourth-order valence-electron chi connectivity index (χ4n) is 2.57. The summed E-state index contributed by atoms with van der Waals surface area (Å²) in [4.78, 5) is 9.50. The van der Waals surface area contributed by atoms with Crippen molar-refractivity contribution < 1.29 is 4.39 Å². The molecular formula is C15H12FN5S2. The van der Waals surface area contributed by atoms with Crippen LogP contribution in [0.25, 0.3) is 32.4 Å². The van der Waals surface area contributed by atoms with Crippen molar-refractivity contribution in [2.24, 2.45) is 0 Å². The Hall–Kier alpha value is -2.19. The highest BCUT2D eigenvalue weighted by molar-refractivity contribution is 7.98. The molecule has 5 nitrogen and oxygen atoms in total. The first-order chi connectivity index (χ1) is 11.2. The number of fused-ring (bicyclic) bond motifs is 2. The molecule has 0 fully saturated rings. The van der Waals surface area contributed by atoms with Gasteiger partial charge in [-0.25, -0.2) is 9.37 Å². The molecule has 116 valence electrons. The molecule has 0 saturated carbocycles. The zero-order valence-corrected chi connectivity index (χ0v) is 14.0. The summed E-state index contributed by atoms with van der Waals surface area (Å²) in [6, 6.07) is 3.43. The van der Waals surface area contributed by atoms with Gasteiger partial charge in [0.05, 0.1) is 33.2 Å². The van der Waals surface area contributed by atoms with Gasteiger partial charge >= 0.3 is 0 Å². The predicted molar refractivity (Wildman–Crippen MR) is 93.8 cm³/mol. The summed E-state index contributed by atoms with van der Waals surface area (Å²) in [5.41, 5.74) is 2.98. The Morgan fingerprint density at radius 1 is 1.30 bits per heavy atom. The molecule has 3 aromatic heterocycles. The Bertz CT molecular complexity index is 1020. The molecule has 0 spiro atoms. The first-order valence-corrected chi connectivity index (χ1v) is 8.89. The van der Waals surface area contributed by atoms with Gasteiger partial charge in [-0.1, -0.05) is 11.3 Å². The van der Waals surface area contributed by atoms with Crippen LogP contribution in [0.1, 0.15) is 0 Å². The largest absolute Gasteiger partial charge is 0.365 e. The number of thioether (sulfide) groups is 1. The number of anilines is 1. The molecule has 0 atom stereocenters. The number of aromatic amines is 1. The maximum absolute atomic E-state index is 14.4. The summed E-state index contributed by atoms with van der Waals surface area (Å²) < 4.78 is 15.4. The molecule has 0 radical (unpaired) electrons. The lowest BCUT2D eigenvalue weighted by molar-refractivity contribution is 0.605. The van der Waals surface area contributed by atoms with Crippen LogP contribution in [0.15, 0.2) is 29.4 Å². The molecule has 0 unspecified atom stereocenters. The molecule has 0 amide bonds. The van der Waals surface area contributed by atoms with Gasteiger partial charge < -0.3 is 5.32 Å². The molecule has 23 heavy (non-hydrogen) atoms. The molecule has 2 N–H and O–H groups in total. The lowest BCUT2D eigenvalue weighted by Gasteiger charge is -2.09. The number of thiazole rings is 1. The second-order valence-corrected chi connectivity index (χ2v) is 6.75. The van der Waals surface area contributed by atoms with Crippen LogP contribution < -0.4 is 5.32 Å². The van der Waals surface area contributed by atoms with E-state index in [-0.39, 0.29) is 5.82 Å². The van der Waals surface area contributed by atoms with E-state index in [1.54, 1.807) is 23.7 Å². The third kappa shape index (κ3) is 2.25. The summed E-state index contributed by atoms with van der Waals surface area (Å²) in [5, 5.41) is 11.6. The van der Waals surface area contributed by atoms with Crippen molar-refractivity contribution in [3.8, 4) is 11.3 Å². The van der Waals surface area contributed by atoms with Crippen molar-refractivity contribution in [1.29, 1.82) is 0 Å². The Labute approximate surface area is 139 Å². The van der Waals surface area contributed by atoms with E-state index in [0.29, 0.717) is 10.4 Å². The highest BCUT2D eigenvalue weighted by Gasteiger charge is 2.18. The second-order valence-electron chi connectivity index (χ2n) is 4.90. The summed E-state index contributed by atoms with van der Waals surface area (Å²) in [5.74, 6) is -0.272. The molecule has 0 aliphatic heterocycles. The van der Waals surface area contributed by atoms with Gasteiger partial charge in [-0.3, -0.25) is 10.1 Å². The molecule has 4 rings (SSSR count). The monoisotopic (exact) mass is 345 g/mol. The highest BCUT2D eigenvalue weighted by atomic mass is 32.2. The Morgan fingerprint density at radius 2 is 2.17 bits per heavy atom. The maximum Gasteiger partial charge on any atom is 0.183 e. The quantitative estimate of drug-likeness (QED) is 0.546. The molecule has 8 heteroatoms. The number of aromatic nitrogens is 4. The minimum atomic E-state index is -0.272. The van der Waals surface area contributed by atoms with Gasteiger partial charge in [-0.05, 0) is 12.3 Å². The second kappa shape index (κ2) is 5.47. The van der Waals surface area contributed by atoms with E-state index in [9.17, 15) is 4.39 Å². The van der Waals surface area contributed by atoms with Crippen molar-refractivity contribution in [3.63, 3.8) is 0 Å². The zero-order chi connectivity index (χ0) is 16.0. The molecule has 0 bridgehead atoms. The maximum atomic E-state index is 14.4. The Balaban J connectivity index is 2.02. The summed E-state index contributed by atoms with van der Waals surface area (Å²) in [6.45, 7) is 0. The number of nitrogens with one attached hydrogen (secondary N) is 2. The van der Waals surface area contributed by atoms with E-state index in [2.05, 4.69) is 25.5 Å². The molecule has 0 aliphatic carbocycles. The van der Waals surface area contributed by atoms with Crippen LogP contribution in [0.2, 0.25) is 0 Å². The minimum Gasteiger partial charge on any atom is -0.365 e. The molecule has 1 aromatic carbocycles. The number of hydrogen-bond donors (Lipinski definition) is 2. The first kappa shape index (κ1) is 14.4. The standard InChI is InChI=1S/C15H12FN5S2/c1-17-15-20-11-6-18-10(4-12(11)23-15)13-7-5-19-21-9(7)3-8(16)14(13)22-2/h3-6H,1-2H3,(H,17,20)(H,19,21). The van der Waals surface area contributed by atoms with E-state index >= 15 is 0 Å². The van der Waals surface area contributed by atoms with Crippen molar-refractivity contribution in [1.82, 2.24) is 20.2 Å². The van der Waals surface area contributed by atoms with E-state index in [0.717, 1.165) is 32.0 Å². The van der Waals surface area contributed by atoms with Crippen LogP contribution in [0.3, 0.4) is 0 Å². The lowest BCUT2D eigenvalue weighted by atomic mass is 10.1. The van der Waals surface area contributed by atoms with Crippen molar-refractivity contribution in [3.05, 3.63) is 30.3 Å². The SMILES string of the molecule is CNc1nc2cnc(-c3c(SC)c(F)cc4[nH]ncc34)cc2s1. The molecule has 0 saturated heterocycles. The molecule has 3 heterocycles. The van der Waals surface area contributed by atoms with Crippen molar-refractivity contribution in [2.75, 3.05) is 18.6 Å². The van der Waals surface area contributed by atoms with Crippen LogP contribution in [-0.4, -0.2) is 33.5 Å². The highest BCUT2D eigenvalue weighted by Crippen LogP contribution is 2.39. The van der Waals surface area contributed by atoms with Gasteiger partial charge in [-0.2, -0.15) is 5.10 Å². The van der Waals surface area contributed by atoms with Gasteiger partial charge in [-0.15, -0.1) is 11.8 Å². The van der Waals surface area contributed by atoms with Crippen LogP contribution >= 0.6 is 23.1 Å². The Kier molecular flexibility index (Phi) is 3.42. The number of rotatable bonds is 3. The summed E-state index contributed by atoms with van der Waals surface area (Å²) in [6.07, 6.45) is 5.29. The normalized spacial score (nSPS) is 11.4. The zero-order valence-electron chi connectivity index (χ0n) is 12.3. The van der Waals surface area contributed by atoms with Gasteiger partial charge in [0, 0.05) is 24.1 Å². The fourth-order valence-corrected chi connectivity index (χ4v) is 4.07. The van der Waals surface area contributed by atoms with Crippen molar-refractivity contribution in [2.45, 2.75) is 4.90 Å². The number of halogens is 1. The number of H-pyrrole nitrogens is 1. The molecule has 4 aromatic rings. The van der Waals surface area contributed by atoms with Gasteiger partial charge in [0.2, 0.25) is 0 Å². The first-order valence-electron chi connectivity index (χ1n) is 6.85. The summed E-state index contributed by atoms with van der Waals surface area (Å²) >= 11 is 2.91. The average Bonchev–Trinajstić information content (AvgIpc) is 3.18. The van der Waals surface area contributed by atoms with Gasteiger partial charge in [0.25, 0.3) is 0 Å². The van der Waals surface area contributed by atoms with Crippen LogP contribution in [0.4, 0.5) is 9.52 Å². The van der Waals surface area contributed by atoms with Crippen LogP contribution in [-0.2, 0) is 0 Å². The fraction of sp³-hybridized carbons (Fsp3) is 0.133.